The normalized spacial score (nSPS) is 12.7. The molecule has 0 aliphatic heterocycles. The van der Waals surface area contributed by atoms with Crippen LogP contribution in [0.5, 0.6) is 0 Å². The molecule has 1 unspecified atom stereocenters. The zero-order valence-corrected chi connectivity index (χ0v) is 7.40. The summed E-state index contributed by atoms with van der Waals surface area (Å²) in [5.74, 6) is -1.26. The smallest absolute Gasteiger partial charge is 0.314 e. The van der Waals surface area contributed by atoms with E-state index in [4.69, 9.17) is 5.11 Å². The van der Waals surface area contributed by atoms with Gasteiger partial charge in [0.15, 0.2) is 5.82 Å². The molecule has 0 saturated carbocycles. The average molecular weight is 184 g/mol. The van der Waals surface area contributed by atoms with Gasteiger partial charge < -0.3 is 5.11 Å². The molecular formula is C7H12N4O2. The first-order chi connectivity index (χ1) is 6.25. The van der Waals surface area contributed by atoms with Crippen molar-refractivity contribution in [1.82, 2.24) is 20.6 Å². The van der Waals surface area contributed by atoms with Crippen molar-refractivity contribution in [2.24, 2.45) is 0 Å². The van der Waals surface area contributed by atoms with Crippen molar-refractivity contribution >= 4 is 5.97 Å². The van der Waals surface area contributed by atoms with Crippen LogP contribution in [0.15, 0.2) is 0 Å². The van der Waals surface area contributed by atoms with E-state index in [1.165, 1.54) is 0 Å². The second-order valence-electron chi connectivity index (χ2n) is 2.80. The van der Waals surface area contributed by atoms with E-state index in [2.05, 4.69) is 20.6 Å². The second kappa shape index (κ2) is 4.54. The summed E-state index contributed by atoms with van der Waals surface area (Å²) in [7, 11) is 0. The molecule has 0 aliphatic rings. The number of nitrogens with zero attached hydrogens (tertiary/aromatic N) is 3. The molecule has 0 radical (unpaired) electrons. The molecule has 6 heteroatoms. The Labute approximate surface area is 75.4 Å². The summed E-state index contributed by atoms with van der Waals surface area (Å²) in [5.41, 5.74) is 0. The molecule has 13 heavy (non-hydrogen) atoms. The van der Waals surface area contributed by atoms with Gasteiger partial charge in [-0.1, -0.05) is 25.0 Å². The van der Waals surface area contributed by atoms with Crippen LogP contribution in [-0.2, 0) is 4.79 Å². The molecule has 0 spiro atoms. The second-order valence-corrected chi connectivity index (χ2v) is 2.80. The minimum Gasteiger partial charge on any atom is -0.481 e. The highest BCUT2D eigenvalue weighted by atomic mass is 16.4. The van der Waals surface area contributed by atoms with Gasteiger partial charge in [0.25, 0.3) is 0 Å². The lowest BCUT2D eigenvalue weighted by Crippen LogP contribution is -2.13. The Balaban J connectivity index is 2.63. The first-order valence-electron chi connectivity index (χ1n) is 4.21. The molecule has 72 valence electrons. The fourth-order valence-electron chi connectivity index (χ4n) is 1.09. The lowest BCUT2D eigenvalue weighted by Gasteiger charge is -2.05. The van der Waals surface area contributed by atoms with Crippen LogP contribution >= 0.6 is 0 Å². The number of hydrogen-bond acceptors (Lipinski definition) is 4. The molecule has 1 aromatic rings. The molecule has 0 aliphatic carbocycles. The van der Waals surface area contributed by atoms with E-state index in [1.54, 1.807) is 0 Å². The number of unbranched alkanes of at least 4 members (excludes halogenated alkanes) is 1. The summed E-state index contributed by atoms with van der Waals surface area (Å²) in [5, 5.41) is 21.8. The van der Waals surface area contributed by atoms with Gasteiger partial charge in [-0.05, 0) is 6.42 Å². The van der Waals surface area contributed by atoms with Gasteiger partial charge in [0.1, 0.15) is 5.92 Å². The Kier molecular flexibility index (Phi) is 3.36. The summed E-state index contributed by atoms with van der Waals surface area (Å²) in [4.78, 5) is 10.8. The van der Waals surface area contributed by atoms with Gasteiger partial charge in [0.05, 0.1) is 0 Å². The van der Waals surface area contributed by atoms with Gasteiger partial charge >= 0.3 is 5.97 Å². The molecule has 2 N–H and O–H groups in total. The zero-order chi connectivity index (χ0) is 9.68. The minimum atomic E-state index is -0.894. The predicted octanol–water partition coefficient (Wildman–Crippen LogP) is 0.558. The van der Waals surface area contributed by atoms with Crippen molar-refractivity contribution < 1.29 is 9.90 Å². The largest absolute Gasteiger partial charge is 0.481 e. The maximum atomic E-state index is 10.8. The third kappa shape index (κ3) is 2.50. The van der Waals surface area contributed by atoms with E-state index in [0.717, 1.165) is 12.8 Å². The summed E-state index contributed by atoms with van der Waals surface area (Å²) in [6.07, 6.45) is 2.37. The summed E-state index contributed by atoms with van der Waals surface area (Å²) in [6, 6.07) is 0. The lowest BCUT2D eigenvalue weighted by molar-refractivity contribution is -0.139. The van der Waals surface area contributed by atoms with E-state index in [-0.39, 0.29) is 5.82 Å². The number of tetrazole rings is 1. The number of aromatic nitrogens is 4. The SMILES string of the molecule is CCCCC(C(=O)O)c1nn[nH]n1. The van der Waals surface area contributed by atoms with Gasteiger partial charge in [-0.25, -0.2) is 0 Å². The number of aliphatic carboxylic acids is 1. The molecule has 0 fully saturated rings. The van der Waals surface area contributed by atoms with Crippen molar-refractivity contribution in [2.45, 2.75) is 32.1 Å². The molecule has 0 amide bonds. The Morgan fingerprint density at radius 2 is 2.46 bits per heavy atom. The first kappa shape index (κ1) is 9.63. The number of aromatic amines is 1. The Morgan fingerprint density at radius 3 is 2.92 bits per heavy atom. The van der Waals surface area contributed by atoms with Gasteiger partial charge in [0, 0.05) is 0 Å². The fourth-order valence-corrected chi connectivity index (χ4v) is 1.09. The standard InChI is InChI=1S/C7H12N4O2/c1-2-3-4-5(7(12)13)6-8-10-11-9-6/h5H,2-4H2,1H3,(H,12,13)(H,8,9,10,11). The number of carboxylic acid groups (broad SMARTS) is 1. The summed E-state index contributed by atoms with van der Waals surface area (Å²) < 4.78 is 0. The van der Waals surface area contributed by atoms with Gasteiger partial charge in [-0.2, -0.15) is 5.21 Å². The number of hydrogen-bond donors (Lipinski definition) is 2. The van der Waals surface area contributed by atoms with E-state index in [0.29, 0.717) is 6.42 Å². The summed E-state index contributed by atoms with van der Waals surface area (Å²) >= 11 is 0. The highest BCUT2D eigenvalue weighted by Crippen LogP contribution is 2.17. The van der Waals surface area contributed by atoms with Crippen LogP contribution < -0.4 is 0 Å². The Hall–Kier alpha value is -1.46. The molecule has 0 aromatic carbocycles. The molecular weight excluding hydrogens is 172 g/mol. The minimum absolute atomic E-state index is 0.265. The van der Waals surface area contributed by atoms with Gasteiger partial charge in [0.2, 0.25) is 0 Å². The van der Waals surface area contributed by atoms with Crippen LogP contribution in [0.2, 0.25) is 0 Å². The highest BCUT2D eigenvalue weighted by Gasteiger charge is 2.23. The predicted molar refractivity (Wildman–Crippen MR) is 44.1 cm³/mol. The summed E-state index contributed by atoms with van der Waals surface area (Å²) in [6.45, 7) is 2.01. The highest BCUT2D eigenvalue weighted by molar-refractivity contribution is 5.74. The number of nitrogens with one attached hydrogen (secondary N) is 1. The van der Waals surface area contributed by atoms with Crippen LogP contribution in [0.3, 0.4) is 0 Å². The molecule has 0 bridgehead atoms. The van der Waals surface area contributed by atoms with E-state index in [1.807, 2.05) is 6.92 Å². The van der Waals surface area contributed by atoms with Crippen molar-refractivity contribution in [3.8, 4) is 0 Å². The van der Waals surface area contributed by atoms with Gasteiger partial charge in [-0.15, -0.1) is 10.2 Å². The molecule has 1 rings (SSSR count). The maximum absolute atomic E-state index is 10.8. The monoisotopic (exact) mass is 184 g/mol. The molecule has 0 saturated heterocycles. The van der Waals surface area contributed by atoms with Crippen molar-refractivity contribution in [3.05, 3.63) is 5.82 Å². The fraction of sp³-hybridized carbons (Fsp3) is 0.714. The first-order valence-corrected chi connectivity index (χ1v) is 4.21. The number of carboxylic acids is 1. The van der Waals surface area contributed by atoms with Crippen LogP contribution in [0.1, 0.15) is 37.9 Å². The molecule has 1 heterocycles. The van der Waals surface area contributed by atoms with Crippen LogP contribution in [-0.4, -0.2) is 31.7 Å². The Morgan fingerprint density at radius 1 is 1.69 bits per heavy atom. The van der Waals surface area contributed by atoms with E-state index >= 15 is 0 Å². The quantitative estimate of drug-likeness (QED) is 0.697. The number of carbonyl (C=O) groups is 1. The average Bonchev–Trinajstić information content (AvgIpc) is 2.57. The lowest BCUT2D eigenvalue weighted by atomic mass is 10.0. The number of rotatable bonds is 5. The zero-order valence-electron chi connectivity index (χ0n) is 7.40. The van der Waals surface area contributed by atoms with Gasteiger partial charge in [-0.3, -0.25) is 4.79 Å². The van der Waals surface area contributed by atoms with E-state index < -0.39 is 11.9 Å². The third-order valence-electron chi connectivity index (χ3n) is 1.82. The topological polar surface area (TPSA) is 91.8 Å². The van der Waals surface area contributed by atoms with Crippen molar-refractivity contribution in [1.29, 1.82) is 0 Å². The number of H-pyrrole nitrogens is 1. The molecule has 6 nitrogen and oxygen atoms in total. The maximum Gasteiger partial charge on any atom is 0.314 e. The van der Waals surface area contributed by atoms with Crippen LogP contribution in [0.4, 0.5) is 0 Å². The third-order valence-corrected chi connectivity index (χ3v) is 1.82. The Bertz CT molecular complexity index is 259. The van der Waals surface area contributed by atoms with Crippen molar-refractivity contribution in [3.63, 3.8) is 0 Å². The van der Waals surface area contributed by atoms with Crippen LogP contribution in [0.25, 0.3) is 0 Å². The molecule has 1 aromatic heterocycles. The van der Waals surface area contributed by atoms with Crippen molar-refractivity contribution in [2.75, 3.05) is 0 Å². The van der Waals surface area contributed by atoms with Crippen LogP contribution in [0, 0.1) is 0 Å². The molecule has 1 atom stereocenters. The van der Waals surface area contributed by atoms with E-state index in [9.17, 15) is 4.79 Å².